The predicted octanol–water partition coefficient (Wildman–Crippen LogP) is -7.18. The molecule has 4 aliphatic rings. The van der Waals surface area contributed by atoms with Crippen molar-refractivity contribution in [3.05, 3.63) is 0 Å². The highest BCUT2D eigenvalue weighted by Gasteiger charge is 2.55. The third-order valence-corrected chi connectivity index (χ3v) is 9.33. The number of ether oxygens (including phenoxy) is 8. The summed E-state index contributed by atoms with van der Waals surface area (Å²) in [5.41, 5.74) is 5.42. The maximum atomic E-state index is 11.3. The predicted molar refractivity (Wildman–Crippen MR) is 164 cm³/mol. The Balaban J connectivity index is 1.50. The summed E-state index contributed by atoms with van der Waals surface area (Å²) in [6.07, 6.45) is -33.7. The molecule has 0 aromatic rings. The molecule has 0 aliphatic carbocycles. The van der Waals surface area contributed by atoms with Crippen molar-refractivity contribution >= 4 is 0 Å². The van der Waals surface area contributed by atoms with Gasteiger partial charge < -0.3 is 105 Å². The van der Waals surface area contributed by atoms with Gasteiger partial charge in [-0.25, -0.2) is 0 Å². The van der Waals surface area contributed by atoms with Crippen LogP contribution in [0.3, 0.4) is 0 Å². The van der Waals surface area contributed by atoms with Crippen LogP contribution in [-0.4, -0.2) is 216 Å². The van der Waals surface area contributed by atoms with Crippen molar-refractivity contribution in [2.24, 2.45) is 5.73 Å². The van der Waals surface area contributed by atoms with Crippen LogP contribution in [-0.2, 0) is 37.9 Å². The molecule has 300 valence electrons. The van der Waals surface area contributed by atoms with Crippen molar-refractivity contribution in [2.45, 2.75) is 169 Å². The first-order valence-corrected chi connectivity index (χ1v) is 16.8. The van der Waals surface area contributed by atoms with Crippen molar-refractivity contribution in [2.75, 3.05) is 19.8 Å². The van der Waals surface area contributed by atoms with E-state index < -0.39 is 154 Å². The van der Waals surface area contributed by atoms with Crippen molar-refractivity contribution in [1.82, 2.24) is 0 Å². The molecular formula is C30H55NO20. The molecule has 0 radical (unpaired) electrons. The molecule has 0 spiro atoms. The van der Waals surface area contributed by atoms with Crippen LogP contribution in [0.4, 0.5) is 0 Å². The number of hydrogen-bond donors (Lipinski definition) is 13. The van der Waals surface area contributed by atoms with Gasteiger partial charge >= 0.3 is 0 Å². The van der Waals surface area contributed by atoms with Crippen molar-refractivity contribution in [3.63, 3.8) is 0 Å². The zero-order valence-corrected chi connectivity index (χ0v) is 28.7. The average molecular weight is 750 g/mol. The van der Waals surface area contributed by atoms with Gasteiger partial charge in [0.1, 0.15) is 91.6 Å². The largest absolute Gasteiger partial charge is 0.394 e. The van der Waals surface area contributed by atoms with Crippen LogP contribution in [0.15, 0.2) is 0 Å². The molecule has 4 heterocycles. The zero-order valence-electron chi connectivity index (χ0n) is 28.7. The van der Waals surface area contributed by atoms with Gasteiger partial charge in [-0.05, 0) is 34.1 Å². The van der Waals surface area contributed by atoms with Gasteiger partial charge in [0, 0.05) is 5.54 Å². The van der Waals surface area contributed by atoms with Crippen LogP contribution in [0.25, 0.3) is 0 Å². The molecule has 21 heteroatoms. The molecule has 0 aromatic heterocycles. The molecule has 4 aliphatic heterocycles. The second-order valence-corrected chi connectivity index (χ2v) is 14.2. The highest BCUT2D eigenvalue weighted by molar-refractivity contribution is 4.97. The molecule has 4 rings (SSSR count). The lowest BCUT2D eigenvalue weighted by Gasteiger charge is -2.49. The van der Waals surface area contributed by atoms with Crippen LogP contribution in [0.5, 0.6) is 0 Å². The van der Waals surface area contributed by atoms with Crippen molar-refractivity contribution in [1.29, 1.82) is 0 Å². The monoisotopic (exact) mass is 749 g/mol. The third-order valence-electron chi connectivity index (χ3n) is 9.33. The van der Waals surface area contributed by atoms with Crippen LogP contribution >= 0.6 is 0 Å². The zero-order chi connectivity index (χ0) is 38.1. The van der Waals surface area contributed by atoms with E-state index in [0.717, 1.165) is 0 Å². The Morgan fingerprint density at radius 1 is 0.529 bits per heavy atom. The topological polar surface area (TPSA) is 343 Å². The Bertz CT molecular complexity index is 1070. The van der Waals surface area contributed by atoms with E-state index in [1.165, 1.54) is 6.92 Å². The molecule has 14 N–H and O–H groups in total. The fourth-order valence-electron chi connectivity index (χ4n) is 6.59. The quantitative estimate of drug-likeness (QED) is 0.0831. The van der Waals surface area contributed by atoms with Gasteiger partial charge in [-0.3, -0.25) is 0 Å². The van der Waals surface area contributed by atoms with Gasteiger partial charge in [0.15, 0.2) is 25.2 Å². The smallest absolute Gasteiger partial charge is 0.187 e. The molecular weight excluding hydrogens is 694 g/mol. The van der Waals surface area contributed by atoms with E-state index in [2.05, 4.69) is 0 Å². The summed E-state index contributed by atoms with van der Waals surface area (Å²) < 4.78 is 45.0. The summed E-state index contributed by atoms with van der Waals surface area (Å²) in [7, 11) is 0. The molecule has 51 heavy (non-hydrogen) atoms. The molecule has 4 fully saturated rings. The normalized spacial score (nSPS) is 49.1. The minimum absolute atomic E-state index is 0.341. The van der Waals surface area contributed by atoms with Crippen LogP contribution in [0, 0.1) is 0 Å². The van der Waals surface area contributed by atoms with E-state index in [-0.39, 0.29) is 0 Å². The SMILES string of the molecule is CC(CC(C)(C)N)OC1OC(CO)C(O)C(OC2OC(C)C(O)C(OC3OC(CO)C(O)C(OC4OC(CO)C(O)C(O)C4O)C3O)C2O)C1O. The van der Waals surface area contributed by atoms with Gasteiger partial charge in [-0.1, -0.05) is 0 Å². The maximum Gasteiger partial charge on any atom is 0.187 e. The highest BCUT2D eigenvalue weighted by atomic mass is 16.8. The van der Waals surface area contributed by atoms with E-state index in [1.807, 2.05) is 0 Å². The lowest BCUT2D eigenvalue weighted by atomic mass is 9.95. The number of rotatable bonds is 13. The maximum absolute atomic E-state index is 11.3. The summed E-state index contributed by atoms with van der Waals surface area (Å²) in [6.45, 7) is 4.23. The van der Waals surface area contributed by atoms with E-state index in [0.29, 0.717) is 6.42 Å². The van der Waals surface area contributed by atoms with Gasteiger partial charge in [-0.2, -0.15) is 0 Å². The molecule has 21 atom stereocenters. The number of aliphatic hydroxyl groups is 12. The van der Waals surface area contributed by atoms with Crippen LogP contribution < -0.4 is 5.73 Å². The van der Waals surface area contributed by atoms with Crippen LogP contribution in [0.1, 0.15) is 34.1 Å². The van der Waals surface area contributed by atoms with E-state index >= 15 is 0 Å². The number of nitrogens with two attached hydrogens (primary N) is 1. The first-order valence-electron chi connectivity index (χ1n) is 16.8. The van der Waals surface area contributed by atoms with Gasteiger partial charge in [0.2, 0.25) is 0 Å². The van der Waals surface area contributed by atoms with Crippen molar-refractivity contribution < 1.29 is 99.2 Å². The summed E-state index contributed by atoms with van der Waals surface area (Å²) in [6, 6.07) is 0. The standard InChI is InChI=1S/C30H55NO20/c1-9(5-30(3,4)31)44-27-21(42)24(16(37)12(7-33)47-27)51-28-20(41)23(14(35)10(2)45-28)49-29-22(43)25(17(38)13(8-34)48-29)50-26-19(40)18(39)15(36)11(6-32)46-26/h9-29,32-43H,5-8,31H2,1-4H3. The molecule has 0 saturated carbocycles. The Labute approximate surface area is 293 Å². The fourth-order valence-corrected chi connectivity index (χ4v) is 6.59. The Morgan fingerprint density at radius 2 is 0.902 bits per heavy atom. The number of aliphatic hydroxyl groups excluding tert-OH is 12. The lowest BCUT2D eigenvalue weighted by molar-refractivity contribution is -0.389. The Hall–Kier alpha value is -0.840. The minimum Gasteiger partial charge on any atom is -0.394 e. The molecule has 0 aromatic carbocycles. The van der Waals surface area contributed by atoms with Crippen molar-refractivity contribution in [3.8, 4) is 0 Å². The average Bonchev–Trinajstić information content (AvgIpc) is 3.06. The molecule has 4 saturated heterocycles. The van der Waals surface area contributed by atoms with E-state index in [1.54, 1.807) is 20.8 Å². The second-order valence-electron chi connectivity index (χ2n) is 14.2. The Kier molecular flexibility index (Phi) is 14.9. The molecule has 21 nitrogen and oxygen atoms in total. The van der Waals surface area contributed by atoms with Gasteiger partial charge in [0.25, 0.3) is 0 Å². The molecule has 0 bridgehead atoms. The highest BCUT2D eigenvalue weighted by Crippen LogP contribution is 2.35. The molecule has 0 amide bonds. The molecule has 21 unspecified atom stereocenters. The first-order chi connectivity index (χ1) is 23.8. The second kappa shape index (κ2) is 17.7. The fraction of sp³-hybridized carbons (Fsp3) is 1.00. The first kappa shape index (κ1) is 42.9. The third kappa shape index (κ3) is 9.70. The van der Waals surface area contributed by atoms with Gasteiger partial charge in [-0.15, -0.1) is 0 Å². The summed E-state index contributed by atoms with van der Waals surface area (Å²) in [5.74, 6) is 0. The van der Waals surface area contributed by atoms with Gasteiger partial charge in [0.05, 0.1) is 32.0 Å². The van der Waals surface area contributed by atoms with E-state index in [4.69, 9.17) is 43.6 Å². The number of hydrogen-bond acceptors (Lipinski definition) is 21. The summed E-state index contributed by atoms with van der Waals surface area (Å²) >= 11 is 0. The summed E-state index contributed by atoms with van der Waals surface area (Å²) in [5, 5.41) is 126. The summed E-state index contributed by atoms with van der Waals surface area (Å²) in [4.78, 5) is 0. The minimum atomic E-state index is -1.99. The van der Waals surface area contributed by atoms with Crippen LogP contribution in [0.2, 0.25) is 0 Å². The van der Waals surface area contributed by atoms with E-state index in [9.17, 15) is 61.3 Å². The Morgan fingerprint density at radius 3 is 1.35 bits per heavy atom. The lowest BCUT2D eigenvalue weighted by Crippen LogP contribution is -2.67.